The van der Waals surface area contributed by atoms with Crippen LogP contribution >= 0.6 is 0 Å². The van der Waals surface area contributed by atoms with Crippen LogP contribution in [0.5, 0.6) is 0 Å². The van der Waals surface area contributed by atoms with Gasteiger partial charge in [0.15, 0.2) is 0 Å². The molecule has 1 heteroatoms. The SMILES string of the molecule is CC1CCN(CC2CCCCCCCCCC2)CC1. The molecule has 1 aliphatic heterocycles. The topological polar surface area (TPSA) is 3.24 Å². The normalized spacial score (nSPS) is 27.0. The Bertz CT molecular complexity index is 206. The summed E-state index contributed by atoms with van der Waals surface area (Å²) < 4.78 is 0. The lowest BCUT2D eigenvalue weighted by atomic mass is 9.93. The molecule has 0 atom stereocenters. The lowest BCUT2D eigenvalue weighted by Gasteiger charge is -2.33. The summed E-state index contributed by atoms with van der Waals surface area (Å²) in [7, 11) is 0. The van der Waals surface area contributed by atoms with Crippen molar-refractivity contribution >= 4 is 0 Å². The van der Waals surface area contributed by atoms with Gasteiger partial charge in [-0.15, -0.1) is 0 Å². The van der Waals surface area contributed by atoms with Crippen molar-refractivity contribution in [1.29, 1.82) is 0 Å². The van der Waals surface area contributed by atoms with E-state index in [1.807, 2.05) is 0 Å². The van der Waals surface area contributed by atoms with Crippen molar-refractivity contribution < 1.29 is 0 Å². The maximum Gasteiger partial charge on any atom is 0.000966 e. The zero-order valence-corrected chi connectivity index (χ0v) is 13.2. The number of piperidine rings is 1. The van der Waals surface area contributed by atoms with E-state index < -0.39 is 0 Å². The van der Waals surface area contributed by atoms with E-state index in [0.29, 0.717) is 0 Å². The van der Waals surface area contributed by atoms with Crippen molar-refractivity contribution in [3.05, 3.63) is 0 Å². The van der Waals surface area contributed by atoms with Gasteiger partial charge in [-0.2, -0.15) is 0 Å². The summed E-state index contributed by atoms with van der Waals surface area (Å²) in [6, 6.07) is 0. The molecular formula is C18H35N. The Hall–Kier alpha value is -0.0400. The average Bonchev–Trinajstić information content (AvgIpc) is 2.47. The predicted octanol–water partition coefficient (Wildman–Crippen LogP) is 5.25. The lowest BCUT2D eigenvalue weighted by molar-refractivity contribution is 0.157. The Morgan fingerprint density at radius 3 is 1.68 bits per heavy atom. The highest BCUT2D eigenvalue weighted by Gasteiger charge is 2.19. The zero-order valence-electron chi connectivity index (χ0n) is 13.2. The lowest BCUT2D eigenvalue weighted by Crippen LogP contribution is -2.36. The van der Waals surface area contributed by atoms with Crippen molar-refractivity contribution in [1.82, 2.24) is 4.90 Å². The fraction of sp³-hybridized carbons (Fsp3) is 1.00. The molecule has 0 radical (unpaired) electrons. The molecular weight excluding hydrogens is 230 g/mol. The van der Waals surface area contributed by atoms with Gasteiger partial charge in [-0.25, -0.2) is 0 Å². The van der Waals surface area contributed by atoms with Crippen molar-refractivity contribution in [2.45, 2.75) is 84.0 Å². The van der Waals surface area contributed by atoms with Gasteiger partial charge >= 0.3 is 0 Å². The first kappa shape index (κ1) is 15.4. The van der Waals surface area contributed by atoms with Gasteiger partial charge in [0, 0.05) is 6.54 Å². The second kappa shape index (κ2) is 9.00. The molecule has 0 aromatic heterocycles. The molecule has 112 valence electrons. The standard InChI is InChI=1S/C18H35N/c1-17-12-14-19(15-13-17)16-18-10-8-6-4-2-3-5-7-9-11-18/h17-18H,2-16H2,1H3. The van der Waals surface area contributed by atoms with Crippen LogP contribution in [-0.4, -0.2) is 24.5 Å². The van der Waals surface area contributed by atoms with Crippen LogP contribution in [0.2, 0.25) is 0 Å². The smallest absolute Gasteiger partial charge is 0.000966 e. The van der Waals surface area contributed by atoms with E-state index in [1.165, 1.54) is 96.7 Å². The van der Waals surface area contributed by atoms with Crippen LogP contribution in [0.3, 0.4) is 0 Å². The number of nitrogens with zero attached hydrogens (tertiary/aromatic N) is 1. The van der Waals surface area contributed by atoms with Crippen LogP contribution in [0.25, 0.3) is 0 Å². The first-order chi connectivity index (χ1) is 9.34. The molecule has 0 aromatic rings. The molecule has 0 aromatic carbocycles. The molecule has 1 aliphatic carbocycles. The van der Waals surface area contributed by atoms with Crippen LogP contribution in [0, 0.1) is 11.8 Å². The molecule has 1 heterocycles. The number of hydrogen-bond donors (Lipinski definition) is 0. The second-order valence-electron chi connectivity index (χ2n) is 7.25. The van der Waals surface area contributed by atoms with E-state index in [4.69, 9.17) is 0 Å². The second-order valence-corrected chi connectivity index (χ2v) is 7.25. The Kier molecular flexibility index (Phi) is 7.27. The summed E-state index contributed by atoms with van der Waals surface area (Å²) >= 11 is 0. The summed E-state index contributed by atoms with van der Waals surface area (Å²) in [4.78, 5) is 2.77. The van der Waals surface area contributed by atoms with Crippen molar-refractivity contribution in [3.63, 3.8) is 0 Å². The van der Waals surface area contributed by atoms with Crippen LogP contribution in [0.1, 0.15) is 84.0 Å². The molecule has 1 nitrogen and oxygen atoms in total. The first-order valence-electron chi connectivity index (χ1n) is 9.07. The quantitative estimate of drug-likeness (QED) is 0.659. The number of likely N-dealkylation sites (tertiary alicyclic amines) is 1. The molecule has 1 saturated heterocycles. The van der Waals surface area contributed by atoms with Gasteiger partial charge in [-0.1, -0.05) is 58.3 Å². The number of hydrogen-bond acceptors (Lipinski definition) is 1. The fourth-order valence-corrected chi connectivity index (χ4v) is 3.86. The average molecular weight is 265 g/mol. The summed E-state index contributed by atoms with van der Waals surface area (Å²) in [5.74, 6) is 1.98. The fourth-order valence-electron chi connectivity index (χ4n) is 3.86. The Labute approximate surface area is 121 Å². The minimum Gasteiger partial charge on any atom is -0.303 e. The maximum absolute atomic E-state index is 2.77. The van der Waals surface area contributed by atoms with Crippen LogP contribution < -0.4 is 0 Å². The molecule has 0 amide bonds. The van der Waals surface area contributed by atoms with Gasteiger partial charge < -0.3 is 4.90 Å². The minimum atomic E-state index is 0.976. The predicted molar refractivity (Wildman–Crippen MR) is 84.5 cm³/mol. The summed E-state index contributed by atoms with van der Waals surface area (Å²) in [6.07, 6.45) is 17.8. The van der Waals surface area contributed by atoms with E-state index in [9.17, 15) is 0 Å². The highest BCUT2D eigenvalue weighted by atomic mass is 15.1. The minimum absolute atomic E-state index is 0.976. The molecule has 2 fully saturated rings. The molecule has 2 rings (SSSR count). The van der Waals surface area contributed by atoms with E-state index in [-0.39, 0.29) is 0 Å². The molecule has 19 heavy (non-hydrogen) atoms. The highest BCUT2D eigenvalue weighted by molar-refractivity contribution is 4.73. The summed E-state index contributed by atoms with van der Waals surface area (Å²) in [5.41, 5.74) is 0. The van der Waals surface area contributed by atoms with Gasteiger partial charge in [-0.3, -0.25) is 0 Å². The largest absolute Gasteiger partial charge is 0.303 e. The third-order valence-corrected chi connectivity index (χ3v) is 5.37. The third kappa shape index (κ3) is 6.29. The van der Waals surface area contributed by atoms with Crippen LogP contribution in [0.15, 0.2) is 0 Å². The van der Waals surface area contributed by atoms with Crippen molar-refractivity contribution in [2.75, 3.05) is 19.6 Å². The number of rotatable bonds is 2. The molecule has 0 N–H and O–H groups in total. The Morgan fingerprint density at radius 2 is 1.16 bits per heavy atom. The Balaban J connectivity index is 1.71. The molecule has 2 aliphatic rings. The van der Waals surface area contributed by atoms with E-state index >= 15 is 0 Å². The molecule has 0 spiro atoms. The van der Waals surface area contributed by atoms with Crippen molar-refractivity contribution in [2.24, 2.45) is 11.8 Å². The van der Waals surface area contributed by atoms with Gasteiger partial charge in [0.05, 0.1) is 0 Å². The van der Waals surface area contributed by atoms with Gasteiger partial charge in [-0.05, 0) is 50.6 Å². The third-order valence-electron chi connectivity index (χ3n) is 5.37. The zero-order chi connectivity index (χ0) is 13.3. The van der Waals surface area contributed by atoms with Crippen LogP contribution in [-0.2, 0) is 0 Å². The van der Waals surface area contributed by atoms with E-state index in [1.54, 1.807) is 0 Å². The Morgan fingerprint density at radius 1 is 0.684 bits per heavy atom. The van der Waals surface area contributed by atoms with Crippen molar-refractivity contribution in [3.8, 4) is 0 Å². The first-order valence-corrected chi connectivity index (χ1v) is 9.07. The summed E-state index contributed by atoms with van der Waals surface area (Å²) in [6.45, 7) is 6.58. The van der Waals surface area contributed by atoms with Gasteiger partial charge in [0.2, 0.25) is 0 Å². The molecule has 0 bridgehead atoms. The van der Waals surface area contributed by atoms with E-state index in [2.05, 4.69) is 11.8 Å². The van der Waals surface area contributed by atoms with Crippen LogP contribution in [0.4, 0.5) is 0 Å². The highest BCUT2D eigenvalue weighted by Crippen LogP contribution is 2.24. The van der Waals surface area contributed by atoms with Gasteiger partial charge in [0.25, 0.3) is 0 Å². The molecule has 1 saturated carbocycles. The maximum atomic E-state index is 2.77. The van der Waals surface area contributed by atoms with Gasteiger partial charge in [0.1, 0.15) is 0 Å². The summed E-state index contributed by atoms with van der Waals surface area (Å²) in [5, 5.41) is 0. The van der Waals surface area contributed by atoms with E-state index in [0.717, 1.165) is 11.8 Å². The molecule has 0 unspecified atom stereocenters. The monoisotopic (exact) mass is 265 g/mol.